The molecule has 0 amide bonds. The van der Waals surface area contributed by atoms with Crippen molar-refractivity contribution in [2.75, 3.05) is 5.73 Å². The van der Waals surface area contributed by atoms with Gasteiger partial charge >= 0.3 is 0 Å². The third kappa shape index (κ3) is 1.48. The molecule has 0 atom stereocenters. The molecular weight excluding hydrogens is 225 g/mol. The van der Waals surface area contributed by atoms with E-state index in [9.17, 15) is 9.18 Å². The van der Waals surface area contributed by atoms with Gasteiger partial charge in [-0.15, -0.1) is 0 Å². The quantitative estimate of drug-likeness (QED) is 0.596. The number of benzene rings is 1. The van der Waals surface area contributed by atoms with E-state index >= 15 is 0 Å². The van der Waals surface area contributed by atoms with Crippen molar-refractivity contribution in [3.05, 3.63) is 28.0 Å². The Kier molecular flexibility index (Phi) is 2.47. The second-order valence-electron chi connectivity index (χ2n) is 2.38. The lowest BCUT2D eigenvalue weighted by Gasteiger charge is -2.03. The number of carbonyl (C=O) groups is 1. The molecule has 0 saturated carbocycles. The van der Waals surface area contributed by atoms with Crippen LogP contribution in [-0.4, -0.2) is 5.78 Å². The average molecular weight is 232 g/mol. The van der Waals surface area contributed by atoms with Crippen LogP contribution in [-0.2, 0) is 0 Å². The van der Waals surface area contributed by atoms with Crippen LogP contribution in [0, 0.1) is 5.82 Å². The molecule has 0 aliphatic heterocycles. The molecule has 1 aromatic rings. The molecule has 0 heterocycles. The smallest absolute Gasteiger partial charge is 0.163 e. The first-order valence-electron chi connectivity index (χ1n) is 3.28. The van der Waals surface area contributed by atoms with E-state index in [0.717, 1.165) is 0 Å². The molecule has 0 radical (unpaired) electrons. The van der Waals surface area contributed by atoms with Gasteiger partial charge < -0.3 is 5.73 Å². The van der Waals surface area contributed by atoms with Gasteiger partial charge in [-0.05, 0) is 35.0 Å². The van der Waals surface area contributed by atoms with Crippen LogP contribution in [0.4, 0.5) is 10.1 Å². The van der Waals surface area contributed by atoms with Crippen LogP contribution in [0.25, 0.3) is 0 Å². The molecule has 0 aromatic heterocycles. The maximum atomic E-state index is 13.1. The van der Waals surface area contributed by atoms with Crippen LogP contribution in [0.5, 0.6) is 0 Å². The summed E-state index contributed by atoms with van der Waals surface area (Å²) in [6.45, 7) is 1.29. The van der Waals surface area contributed by atoms with Crippen molar-refractivity contribution in [3.63, 3.8) is 0 Å². The predicted molar refractivity (Wildman–Crippen MR) is 48.5 cm³/mol. The lowest BCUT2D eigenvalue weighted by atomic mass is 10.1. The average Bonchev–Trinajstić information content (AvgIpc) is 1.97. The van der Waals surface area contributed by atoms with Gasteiger partial charge in [0.2, 0.25) is 0 Å². The normalized spacial score (nSPS) is 9.92. The Balaban J connectivity index is 3.43. The second kappa shape index (κ2) is 3.23. The van der Waals surface area contributed by atoms with E-state index in [1.807, 2.05) is 0 Å². The SMILES string of the molecule is CC(=O)c1c(Br)ccc(N)c1F. The van der Waals surface area contributed by atoms with Crippen molar-refractivity contribution in [1.29, 1.82) is 0 Å². The van der Waals surface area contributed by atoms with Crippen molar-refractivity contribution in [2.24, 2.45) is 0 Å². The Morgan fingerprint density at radius 3 is 2.58 bits per heavy atom. The summed E-state index contributed by atoms with van der Waals surface area (Å²) in [5.74, 6) is -0.997. The molecule has 0 unspecified atom stereocenters. The molecule has 0 aliphatic rings. The van der Waals surface area contributed by atoms with Crippen molar-refractivity contribution >= 4 is 27.4 Å². The van der Waals surface area contributed by atoms with Crippen molar-refractivity contribution in [2.45, 2.75) is 6.92 Å². The number of Topliss-reactive ketones (excluding diaryl/α,β-unsaturated/α-hetero) is 1. The Labute approximate surface area is 77.7 Å². The zero-order chi connectivity index (χ0) is 9.30. The van der Waals surface area contributed by atoms with E-state index in [0.29, 0.717) is 4.47 Å². The zero-order valence-electron chi connectivity index (χ0n) is 6.40. The first kappa shape index (κ1) is 9.19. The number of carbonyl (C=O) groups excluding carboxylic acids is 1. The summed E-state index contributed by atoms with van der Waals surface area (Å²) >= 11 is 3.07. The molecule has 2 N–H and O–H groups in total. The summed E-state index contributed by atoms with van der Waals surface area (Å²) in [6, 6.07) is 2.96. The largest absolute Gasteiger partial charge is 0.396 e. The van der Waals surface area contributed by atoms with Gasteiger partial charge in [-0.1, -0.05) is 0 Å². The minimum absolute atomic E-state index is 0.00926. The highest BCUT2D eigenvalue weighted by molar-refractivity contribution is 9.10. The Hall–Kier alpha value is -0.900. The van der Waals surface area contributed by atoms with Crippen LogP contribution >= 0.6 is 15.9 Å². The first-order valence-corrected chi connectivity index (χ1v) is 4.07. The molecule has 1 rings (SSSR count). The Morgan fingerprint density at radius 2 is 2.17 bits per heavy atom. The standard InChI is InChI=1S/C8H7BrFNO/c1-4(12)7-5(9)2-3-6(11)8(7)10/h2-3H,11H2,1H3. The van der Waals surface area contributed by atoms with Gasteiger partial charge in [0.05, 0.1) is 11.3 Å². The number of nitrogen functional groups attached to an aromatic ring is 1. The third-order valence-corrected chi connectivity index (χ3v) is 2.13. The van der Waals surface area contributed by atoms with E-state index in [1.54, 1.807) is 6.07 Å². The highest BCUT2D eigenvalue weighted by Gasteiger charge is 2.13. The summed E-state index contributed by atoms with van der Waals surface area (Å²) in [5, 5.41) is 0. The number of hydrogen-bond donors (Lipinski definition) is 1. The fourth-order valence-electron chi connectivity index (χ4n) is 0.891. The maximum absolute atomic E-state index is 13.1. The molecule has 12 heavy (non-hydrogen) atoms. The van der Waals surface area contributed by atoms with Gasteiger partial charge in [-0.2, -0.15) is 0 Å². The number of ketones is 1. The van der Waals surface area contributed by atoms with Crippen molar-refractivity contribution < 1.29 is 9.18 Å². The fourth-order valence-corrected chi connectivity index (χ4v) is 1.48. The molecule has 0 saturated heterocycles. The van der Waals surface area contributed by atoms with Gasteiger partial charge in [0.25, 0.3) is 0 Å². The second-order valence-corrected chi connectivity index (χ2v) is 3.24. The monoisotopic (exact) mass is 231 g/mol. The van der Waals surface area contributed by atoms with Crippen molar-refractivity contribution in [3.8, 4) is 0 Å². The summed E-state index contributed by atoms with van der Waals surface area (Å²) in [6.07, 6.45) is 0. The number of anilines is 1. The first-order chi connectivity index (χ1) is 5.54. The van der Waals surface area contributed by atoms with E-state index in [2.05, 4.69) is 15.9 Å². The number of hydrogen-bond acceptors (Lipinski definition) is 2. The van der Waals surface area contributed by atoms with Gasteiger partial charge in [0.15, 0.2) is 11.6 Å². The fraction of sp³-hybridized carbons (Fsp3) is 0.125. The van der Waals surface area contributed by atoms with E-state index in [-0.39, 0.29) is 17.0 Å². The highest BCUT2D eigenvalue weighted by Crippen LogP contribution is 2.24. The van der Waals surface area contributed by atoms with E-state index in [1.165, 1.54) is 13.0 Å². The molecule has 2 nitrogen and oxygen atoms in total. The molecule has 0 spiro atoms. The lowest BCUT2D eigenvalue weighted by molar-refractivity contribution is 0.101. The summed E-state index contributed by atoms with van der Waals surface area (Å²) in [5.41, 5.74) is 5.28. The van der Waals surface area contributed by atoms with Crippen LogP contribution in [0.1, 0.15) is 17.3 Å². The van der Waals surface area contributed by atoms with Gasteiger partial charge in [-0.25, -0.2) is 4.39 Å². The maximum Gasteiger partial charge on any atom is 0.163 e. The van der Waals surface area contributed by atoms with E-state index < -0.39 is 5.82 Å². The summed E-state index contributed by atoms with van der Waals surface area (Å²) < 4.78 is 13.6. The number of rotatable bonds is 1. The van der Waals surface area contributed by atoms with Crippen LogP contribution < -0.4 is 5.73 Å². The number of halogens is 2. The van der Waals surface area contributed by atoms with E-state index in [4.69, 9.17) is 5.73 Å². The van der Waals surface area contributed by atoms with Gasteiger partial charge in [0.1, 0.15) is 0 Å². The van der Waals surface area contributed by atoms with Gasteiger partial charge in [0, 0.05) is 4.47 Å². The van der Waals surface area contributed by atoms with Crippen molar-refractivity contribution in [1.82, 2.24) is 0 Å². The summed E-state index contributed by atoms with van der Waals surface area (Å²) in [4.78, 5) is 10.9. The molecule has 1 aromatic carbocycles. The lowest BCUT2D eigenvalue weighted by Crippen LogP contribution is -2.02. The molecule has 0 fully saturated rings. The third-order valence-electron chi connectivity index (χ3n) is 1.47. The van der Waals surface area contributed by atoms with Crippen LogP contribution in [0.3, 0.4) is 0 Å². The molecular formula is C8H7BrFNO. The molecule has 64 valence electrons. The Morgan fingerprint density at radius 1 is 1.58 bits per heavy atom. The molecule has 0 bridgehead atoms. The molecule has 4 heteroatoms. The predicted octanol–water partition coefficient (Wildman–Crippen LogP) is 2.37. The van der Waals surface area contributed by atoms with Crippen LogP contribution in [0.15, 0.2) is 16.6 Å². The molecule has 0 aliphatic carbocycles. The topological polar surface area (TPSA) is 43.1 Å². The van der Waals surface area contributed by atoms with Crippen LogP contribution in [0.2, 0.25) is 0 Å². The van der Waals surface area contributed by atoms with Gasteiger partial charge in [-0.3, -0.25) is 4.79 Å². The Bertz CT molecular complexity index is 338. The number of nitrogens with two attached hydrogens (primary N) is 1. The minimum Gasteiger partial charge on any atom is -0.396 e. The zero-order valence-corrected chi connectivity index (χ0v) is 7.98. The highest BCUT2D eigenvalue weighted by atomic mass is 79.9. The minimum atomic E-state index is -0.656. The summed E-state index contributed by atoms with van der Waals surface area (Å²) in [7, 11) is 0.